The molecule has 1 aromatic rings. The lowest BCUT2D eigenvalue weighted by Crippen LogP contribution is -2.84. The molecule has 2 rings (SSSR count). The SMILES string of the molecule is CCOC1(OCC)[C@H](/C=C/c2ccc([N+](=O)[O-])cc2)C(C#N)(C#N)C1(OCC)OCC. The van der Waals surface area contributed by atoms with Crippen molar-refractivity contribution in [2.45, 2.75) is 39.3 Å². The van der Waals surface area contributed by atoms with E-state index in [0.29, 0.717) is 5.56 Å². The molecule has 0 heterocycles. The van der Waals surface area contributed by atoms with E-state index in [4.69, 9.17) is 18.9 Å². The lowest BCUT2D eigenvalue weighted by Gasteiger charge is -2.65. The summed E-state index contributed by atoms with van der Waals surface area (Å²) in [7, 11) is 0. The second-order valence-electron chi connectivity index (χ2n) is 6.73. The number of nitriles is 2. The van der Waals surface area contributed by atoms with Crippen LogP contribution in [0.3, 0.4) is 0 Å². The van der Waals surface area contributed by atoms with Gasteiger partial charge < -0.3 is 18.9 Å². The van der Waals surface area contributed by atoms with Crippen LogP contribution in [0.1, 0.15) is 33.3 Å². The van der Waals surface area contributed by atoms with Crippen molar-refractivity contribution in [3.63, 3.8) is 0 Å². The maximum Gasteiger partial charge on any atom is 0.269 e. The highest BCUT2D eigenvalue weighted by molar-refractivity contribution is 5.54. The van der Waals surface area contributed by atoms with Crippen LogP contribution >= 0.6 is 0 Å². The molecule has 0 spiro atoms. The normalized spacial score (nSPS) is 20.5. The summed E-state index contributed by atoms with van der Waals surface area (Å²) in [6.07, 6.45) is 3.32. The molecular weight excluding hydrogens is 402 g/mol. The lowest BCUT2D eigenvalue weighted by molar-refractivity contribution is -0.505. The number of nitro benzene ring substituents is 1. The van der Waals surface area contributed by atoms with Crippen molar-refractivity contribution in [1.29, 1.82) is 10.5 Å². The largest absolute Gasteiger partial charge is 0.345 e. The van der Waals surface area contributed by atoms with E-state index in [-0.39, 0.29) is 32.1 Å². The van der Waals surface area contributed by atoms with Gasteiger partial charge in [0.2, 0.25) is 11.2 Å². The van der Waals surface area contributed by atoms with E-state index < -0.39 is 27.8 Å². The molecule has 1 fully saturated rings. The van der Waals surface area contributed by atoms with Crippen molar-refractivity contribution in [3.05, 3.63) is 46.0 Å². The van der Waals surface area contributed by atoms with Crippen molar-refractivity contribution in [3.8, 4) is 12.1 Å². The van der Waals surface area contributed by atoms with E-state index in [1.807, 2.05) is 0 Å². The molecule has 0 aromatic heterocycles. The van der Waals surface area contributed by atoms with Gasteiger partial charge in [-0.3, -0.25) is 10.1 Å². The number of nitro groups is 1. The van der Waals surface area contributed by atoms with Gasteiger partial charge in [0.15, 0.2) is 0 Å². The number of ether oxygens (including phenoxy) is 4. The highest BCUT2D eigenvalue weighted by atomic mass is 16.8. The molecule has 9 heteroatoms. The molecule has 1 aliphatic rings. The predicted molar refractivity (Wildman–Crippen MR) is 111 cm³/mol. The third-order valence-corrected chi connectivity index (χ3v) is 5.20. The van der Waals surface area contributed by atoms with Crippen molar-refractivity contribution < 1.29 is 23.9 Å². The minimum Gasteiger partial charge on any atom is -0.345 e. The van der Waals surface area contributed by atoms with Gasteiger partial charge in [-0.1, -0.05) is 12.2 Å². The average molecular weight is 429 g/mol. The topological polar surface area (TPSA) is 128 Å². The monoisotopic (exact) mass is 429 g/mol. The van der Waals surface area contributed by atoms with Crippen LogP contribution in [0.4, 0.5) is 5.69 Å². The van der Waals surface area contributed by atoms with Crippen molar-refractivity contribution >= 4 is 11.8 Å². The molecule has 9 nitrogen and oxygen atoms in total. The predicted octanol–water partition coefficient (Wildman–Crippen LogP) is 3.81. The fourth-order valence-electron chi connectivity index (χ4n) is 4.11. The summed E-state index contributed by atoms with van der Waals surface area (Å²) in [5.41, 5.74) is -1.11. The van der Waals surface area contributed by atoms with Crippen molar-refractivity contribution in [2.75, 3.05) is 26.4 Å². The smallest absolute Gasteiger partial charge is 0.269 e. The molecule has 0 saturated heterocycles. The van der Waals surface area contributed by atoms with Gasteiger partial charge in [0.05, 0.1) is 23.0 Å². The van der Waals surface area contributed by atoms with E-state index in [1.165, 1.54) is 12.1 Å². The molecule has 0 radical (unpaired) electrons. The van der Waals surface area contributed by atoms with Gasteiger partial charge in [-0.05, 0) is 45.4 Å². The summed E-state index contributed by atoms with van der Waals surface area (Å²) >= 11 is 0. The zero-order valence-electron chi connectivity index (χ0n) is 18.2. The Hall–Kier alpha value is -2.82. The van der Waals surface area contributed by atoms with Gasteiger partial charge in [0.1, 0.15) is 0 Å². The summed E-state index contributed by atoms with van der Waals surface area (Å²) in [4.78, 5) is 10.4. The second kappa shape index (κ2) is 9.99. The van der Waals surface area contributed by atoms with E-state index in [2.05, 4.69) is 12.1 Å². The molecule has 0 bridgehead atoms. The third kappa shape index (κ3) is 3.71. The van der Waals surface area contributed by atoms with E-state index in [9.17, 15) is 20.6 Å². The van der Waals surface area contributed by atoms with Crippen molar-refractivity contribution in [1.82, 2.24) is 0 Å². The number of hydrogen-bond donors (Lipinski definition) is 0. The maximum absolute atomic E-state index is 10.9. The fraction of sp³-hybridized carbons (Fsp3) is 0.545. The quantitative estimate of drug-likeness (QED) is 0.295. The highest BCUT2D eigenvalue weighted by Gasteiger charge is 2.86. The Morgan fingerprint density at radius 1 is 0.968 bits per heavy atom. The number of hydrogen-bond acceptors (Lipinski definition) is 8. The summed E-state index contributed by atoms with van der Waals surface area (Å²) in [6, 6.07) is 10.1. The Morgan fingerprint density at radius 3 is 1.84 bits per heavy atom. The summed E-state index contributed by atoms with van der Waals surface area (Å²) in [5, 5.41) is 31.1. The van der Waals surface area contributed by atoms with Gasteiger partial charge >= 0.3 is 0 Å². The second-order valence-corrected chi connectivity index (χ2v) is 6.73. The first-order valence-corrected chi connectivity index (χ1v) is 10.2. The molecule has 1 aliphatic carbocycles. The summed E-state index contributed by atoms with van der Waals surface area (Å²) < 4.78 is 23.9. The Labute approximate surface area is 181 Å². The van der Waals surface area contributed by atoms with Crippen LogP contribution in [0.25, 0.3) is 6.08 Å². The first-order chi connectivity index (χ1) is 14.9. The zero-order chi connectivity index (χ0) is 23.1. The Balaban J connectivity index is 2.61. The Morgan fingerprint density at radius 2 is 1.45 bits per heavy atom. The Kier molecular flexibility index (Phi) is 7.88. The average Bonchev–Trinajstić information content (AvgIpc) is 2.76. The molecule has 1 atom stereocenters. The molecule has 31 heavy (non-hydrogen) atoms. The minimum absolute atomic E-state index is 0.0334. The van der Waals surface area contributed by atoms with Crippen LogP contribution in [0, 0.1) is 44.1 Å². The van der Waals surface area contributed by atoms with Crippen LogP contribution in [0.2, 0.25) is 0 Å². The van der Waals surface area contributed by atoms with Crippen molar-refractivity contribution in [2.24, 2.45) is 11.3 Å². The minimum atomic E-state index is -1.75. The van der Waals surface area contributed by atoms with Gasteiger partial charge in [0.25, 0.3) is 11.5 Å². The van der Waals surface area contributed by atoms with Gasteiger partial charge in [-0.2, -0.15) is 10.5 Å². The molecule has 0 aliphatic heterocycles. The summed E-state index contributed by atoms with van der Waals surface area (Å²) in [6.45, 7) is 7.84. The molecule has 1 aromatic carbocycles. The van der Waals surface area contributed by atoms with Gasteiger partial charge in [-0.25, -0.2) is 0 Å². The maximum atomic E-state index is 10.9. The van der Waals surface area contributed by atoms with Crippen LogP contribution in [0.5, 0.6) is 0 Å². The van der Waals surface area contributed by atoms with Crippen LogP contribution in [-0.2, 0) is 18.9 Å². The van der Waals surface area contributed by atoms with E-state index in [0.717, 1.165) is 0 Å². The molecule has 1 saturated carbocycles. The van der Waals surface area contributed by atoms with Gasteiger partial charge in [-0.15, -0.1) is 0 Å². The highest BCUT2D eigenvalue weighted by Crippen LogP contribution is 2.66. The zero-order valence-corrected chi connectivity index (χ0v) is 18.2. The van der Waals surface area contributed by atoms with E-state index >= 15 is 0 Å². The lowest BCUT2D eigenvalue weighted by atomic mass is 9.51. The van der Waals surface area contributed by atoms with E-state index in [1.54, 1.807) is 52.0 Å². The van der Waals surface area contributed by atoms with Crippen LogP contribution in [0.15, 0.2) is 30.3 Å². The molecular formula is C22H27N3O6. The standard InChI is InChI=1S/C22H27N3O6/c1-5-28-21(29-6-2)19(14-11-17-9-12-18(13-10-17)25(26)27)20(15-23,16-24)22(21,30-7-3)31-8-4/h9-14,19H,5-8H2,1-4H3/b14-11+/t19-/m1/s1. The molecule has 166 valence electrons. The van der Waals surface area contributed by atoms with Gasteiger partial charge in [0, 0.05) is 38.6 Å². The Bertz CT molecular complexity index is 858. The fourth-order valence-corrected chi connectivity index (χ4v) is 4.11. The number of benzene rings is 1. The number of nitrogens with zero attached hydrogens (tertiary/aromatic N) is 3. The summed E-state index contributed by atoms with van der Waals surface area (Å²) in [5.74, 6) is -4.11. The first kappa shape index (κ1) is 24.4. The molecule has 0 amide bonds. The van der Waals surface area contributed by atoms with Crippen LogP contribution < -0.4 is 0 Å². The molecule has 0 unspecified atom stereocenters. The van der Waals surface area contributed by atoms with Crippen LogP contribution in [-0.4, -0.2) is 42.9 Å². The number of non-ortho nitro benzene ring substituents is 1. The number of rotatable bonds is 11. The third-order valence-electron chi connectivity index (χ3n) is 5.20. The first-order valence-electron chi connectivity index (χ1n) is 10.2. The molecule has 0 N–H and O–H groups in total.